The fourth-order valence-electron chi connectivity index (χ4n) is 2.62. The number of hydrogen-bond donors (Lipinski definition) is 1. The summed E-state index contributed by atoms with van der Waals surface area (Å²) in [6.45, 7) is 3.32. The second-order valence-electron chi connectivity index (χ2n) is 5.16. The van der Waals surface area contributed by atoms with E-state index in [1.165, 1.54) is 0 Å². The predicted molar refractivity (Wildman–Crippen MR) is 69.9 cm³/mol. The van der Waals surface area contributed by atoms with E-state index < -0.39 is 0 Å². The summed E-state index contributed by atoms with van der Waals surface area (Å²) in [6, 6.07) is 1.98. The van der Waals surface area contributed by atoms with Gasteiger partial charge >= 0.3 is 0 Å². The van der Waals surface area contributed by atoms with Gasteiger partial charge in [0.1, 0.15) is 11.4 Å². The van der Waals surface area contributed by atoms with Gasteiger partial charge in [-0.3, -0.25) is 9.89 Å². The average Bonchev–Trinajstić information content (AvgIpc) is 3.12. The Morgan fingerprint density at radius 1 is 1.55 bits per heavy atom. The Bertz CT molecular complexity index is 577. The smallest absolute Gasteiger partial charge is 0.228 e. The highest BCUT2D eigenvalue weighted by Gasteiger charge is 2.26. The summed E-state index contributed by atoms with van der Waals surface area (Å²) in [5, 5.41) is 14.4. The van der Waals surface area contributed by atoms with Crippen molar-refractivity contribution in [2.75, 3.05) is 13.1 Å². The van der Waals surface area contributed by atoms with E-state index in [0.29, 0.717) is 17.3 Å². The lowest BCUT2D eigenvalue weighted by molar-refractivity contribution is -0.131. The zero-order chi connectivity index (χ0) is 13.9. The molecule has 1 saturated heterocycles. The second kappa shape index (κ2) is 5.44. The molecule has 7 nitrogen and oxygen atoms in total. The molecule has 106 valence electrons. The molecule has 3 rings (SSSR count). The summed E-state index contributed by atoms with van der Waals surface area (Å²) in [5.74, 6) is 0.416. The molecule has 2 aromatic heterocycles. The van der Waals surface area contributed by atoms with Crippen LogP contribution in [0.3, 0.4) is 0 Å². The van der Waals surface area contributed by atoms with E-state index in [9.17, 15) is 4.79 Å². The van der Waals surface area contributed by atoms with Crippen molar-refractivity contribution < 1.29 is 9.42 Å². The average molecular weight is 275 g/mol. The zero-order valence-corrected chi connectivity index (χ0v) is 11.4. The third kappa shape index (κ3) is 2.56. The van der Waals surface area contributed by atoms with E-state index in [1.54, 1.807) is 13.1 Å². The van der Waals surface area contributed by atoms with Gasteiger partial charge in [-0.05, 0) is 25.8 Å². The van der Waals surface area contributed by atoms with E-state index in [0.717, 1.165) is 31.6 Å². The van der Waals surface area contributed by atoms with Crippen LogP contribution in [0.4, 0.5) is 0 Å². The lowest BCUT2D eigenvalue weighted by Gasteiger charge is -2.32. The summed E-state index contributed by atoms with van der Waals surface area (Å²) in [6.07, 6.45) is 4.09. The third-order valence-electron chi connectivity index (χ3n) is 3.80. The van der Waals surface area contributed by atoms with Crippen molar-refractivity contribution in [1.82, 2.24) is 25.4 Å². The van der Waals surface area contributed by atoms with Crippen molar-refractivity contribution in [3.8, 4) is 0 Å². The topological polar surface area (TPSA) is 87.9 Å². The Morgan fingerprint density at radius 2 is 2.45 bits per heavy atom. The van der Waals surface area contributed by atoms with Crippen LogP contribution in [0.2, 0.25) is 0 Å². The number of aryl methyl sites for hydroxylation is 1. The van der Waals surface area contributed by atoms with Gasteiger partial charge in [0, 0.05) is 30.9 Å². The highest BCUT2D eigenvalue weighted by molar-refractivity contribution is 5.78. The number of nitrogens with one attached hydrogen (secondary N) is 1. The molecule has 1 fully saturated rings. The second-order valence-corrected chi connectivity index (χ2v) is 5.16. The van der Waals surface area contributed by atoms with Crippen LogP contribution in [0.25, 0.3) is 0 Å². The molecule has 1 aliphatic rings. The minimum absolute atomic E-state index is 0.0769. The van der Waals surface area contributed by atoms with Gasteiger partial charge in [0.2, 0.25) is 5.91 Å². The summed E-state index contributed by atoms with van der Waals surface area (Å²) < 4.78 is 4.63. The molecular formula is C13H17N5O2. The summed E-state index contributed by atoms with van der Waals surface area (Å²) in [7, 11) is 0. The molecule has 1 aliphatic heterocycles. The van der Waals surface area contributed by atoms with Gasteiger partial charge in [-0.2, -0.15) is 5.10 Å². The molecule has 0 spiro atoms. The van der Waals surface area contributed by atoms with Crippen LogP contribution in [0, 0.1) is 6.92 Å². The first-order valence-electron chi connectivity index (χ1n) is 6.79. The molecule has 0 aromatic carbocycles. The fourth-order valence-corrected chi connectivity index (χ4v) is 2.62. The number of rotatable bonds is 3. The van der Waals surface area contributed by atoms with Crippen molar-refractivity contribution in [3.05, 3.63) is 29.3 Å². The monoisotopic (exact) mass is 275 g/mol. The summed E-state index contributed by atoms with van der Waals surface area (Å²) in [5.41, 5.74) is 2.40. The molecule has 2 aromatic rings. The molecule has 1 N–H and O–H groups in total. The maximum atomic E-state index is 12.3. The molecule has 0 saturated carbocycles. The molecular weight excluding hydrogens is 258 g/mol. The number of aromatic nitrogens is 4. The van der Waals surface area contributed by atoms with Gasteiger partial charge in [-0.15, -0.1) is 0 Å². The van der Waals surface area contributed by atoms with Crippen molar-refractivity contribution in [2.24, 2.45) is 0 Å². The quantitative estimate of drug-likeness (QED) is 0.904. The Morgan fingerprint density at radius 3 is 3.15 bits per heavy atom. The molecule has 20 heavy (non-hydrogen) atoms. The van der Waals surface area contributed by atoms with Crippen molar-refractivity contribution in [2.45, 2.75) is 32.1 Å². The van der Waals surface area contributed by atoms with Gasteiger partial charge < -0.3 is 4.90 Å². The lowest BCUT2D eigenvalue weighted by Crippen LogP contribution is -2.40. The van der Waals surface area contributed by atoms with Crippen LogP contribution in [-0.2, 0) is 11.2 Å². The largest absolute Gasteiger partial charge is 0.342 e. The number of likely N-dealkylation sites (tertiary alicyclic amines) is 1. The first kappa shape index (κ1) is 12.8. The number of amides is 1. The third-order valence-corrected chi connectivity index (χ3v) is 3.80. The maximum Gasteiger partial charge on any atom is 0.228 e. The van der Waals surface area contributed by atoms with Crippen molar-refractivity contribution >= 4 is 5.91 Å². The molecule has 3 heterocycles. The number of aromatic amines is 1. The number of H-pyrrole nitrogens is 1. The number of hydrogen-bond acceptors (Lipinski definition) is 5. The molecule has 1 amide bonds. The Labute approximate surface area is 116 Å². The Hall–Kier alpha value is -2.18. The van der Waals surface area contributed by atoms with Crippen molar-refractivity contribution in [1.29, 1.82) is 0 Å². The van der Waals surface area contributed by atoms with Crippen LogP contribution >= 0.6 is 0 Å². The molecule has 7 heteroatoms. The normalized spacial score (nSPS) is 19.2. The summed E-state index contributed by atoms with van der Waals surface area (Å²) >= 11 is 0. The molecule has 0 radical (unpaired) electrons. The fraction of sp³-hybridized carbons (Fsp3) is 0.538. The Balaban J connectivity index is 1.65. The minimum atomic E-state index is 0.0769. The van der Waals surface area contributed by atoms with Gasteiger partial charge in [0.25, 0.3) is 0 Å². The molecule has 0 unspecified atom stereocenters. The van der Waals surface area contributed by atoms with Crippen molar-refractivity contribution in [3.63, 3.8) is 0 Å². The van der Waals surface area contributed by atoms with Crippen LogP contribution in [-0.4, -0.2) is 44.4 Å². The lowest BCUT2D eigenvalue weighted by atomic mass is 9.94. The first-order chi connectivity index (χ1) is 9.74. The van der Waals surface area contributed by atoms with E-state index in [-0.39, 0.29) is 12.3 Å². The Kier molecular flexibility index (Phi) is 3.49. The molecule has 0 aliphatic carbocycles. The summed E-state index contributed by atoms with van der Waals surface area (Å²) in [4.78, 5) is 14.2. The number of nitrogens with zero attached hydrogens (tertiary/aromatic N) is 4. The van der Waals surface area contributed by atoms with Gasteiger partial charge in [-0.25, -0.2) is 4.63 Å². The molecule has 0 bridgehead atoms. The SMILES string of the molecule is Cc1nonc1CC(=O)N1CCC[C@H](c2ccn[nH]2)C1. The predicted octanol–water partition coefficient (Wildman–Crippen LogP) is 1.05. The number of piperidine rings is 1. The van der Waals surface area contributed by atoms with E-state index in [2.05, 4.69) is 25.1 Å². The van der Waals surface area contributed by atoms with Crippen LogP contribution < -0.4 is 0 Å². The van der Waals surface area contributed by atoms with Gasteiger partial charge in [0.15, 0.2) is 0 Å². The maximum absolute atomic E-state index is 12.3. The van der Waals surface area contributed by atoms with Gasteiger partial charge in [0.05, 0.1) is 6.42 Å². The first-order valence-corrected chi connectivity index (χ1v) is 6.79. The molecule has 1 atom stereocenters. The van der Waals surface area contributed by atoms with Gasteiger partial charge in [-0.1, -0.05) is 10.3 Å². The van der Waals surface area contributed by atoms with E-state index in [4.69, 9.17) is 0 Å². The highest BCUT2D eigenvalue weighted by atomic mass is 16.6. The zero-order valence-electron chi connectivity index (χ0n) is 11.4. The van der Waals surface area contributed by atoms with E-state index in [1.807, 2.05) is 11.0 Å². The standard InChI is InChI=1S/C13H17N5O2/c1-9-12(17-20-16-9)7-13(19)18-6-2-3-10(8-18)11-4-5-14-15-11/h4-5,10H,2-3,6-8H2,1H3,(H,14,15)/t10-/m0/s1. The van der Waals surface area contributed by atoms with Crippen LogP contribution in [0.5, 0.6) is 0 Å². The van der Waals surface area contributed by atoms with Crippen LogP contribution in [0.1, 0.15) is 35.8 Å². The number of carbonyl (C=O) groups excluding carboxylic acids is 1. The van der Waals surface area contributed by atoms with Crippen LogP contribution in [0.15, 0.2) is 16.9 Å². The minimum Gasteiger partial charge on any atom is -0.342 e. The highest BCUT2D eigenvalue weighted by Crippen LogP contribution is 2.25. The number of carbonyl (C=O) groups is 1. The van der Waals surface area contributed by atoms with E-state index >= 15 is 0 Å².